The van der Waals surface area contributed by atoms with Gasteiger partial charge in [-0.15, -0.1) is 16.4 Å². The minimum atomic E-state index is -2.73. The Morgan fingerprint density at radius 2 is 2.03 bits per heavy atom. The van der Waals surface area contributed by atoms with E-state index in [0.717, 1.165) is 21.3 Å². The molecule has 1 aliphatic rings. The maximum atomic E-state index is 8.77. The van der Waals surface area contributed by atoms with E-state index in [1.807, 2.05) is 6.92 Å². The van der Waals surface area contributed by atoms with E-state index in [0.29, 0.717) is 53.8 Å². The van der Waals surface area contributed by atoms with E-state index in [-0.39, 0.29) is 22.3 Å². The lowest BCUT2D eigenvalue weighted by Crippen LogP contribution is -2.36. The summed E-state index contributed by atoms with van der Waals surface area (Å²) in [4.78, 5) is 12.4. The first-order valence-corrected chi connectivity index (χ1v) is 12.2. The summed E-state index contributed by atoms with van der Waals surface area (Å²) in [6, 6.07) is 4.46. The Hall–Kier alpha value is -3.35. The first-order chi connectivity index (χ1) is 19.8. The quantitative estimate of drug-likeness (QED) is 0.309. The number of fused-ring (bicyclic) bond motifs is 2. The van der Waals surface area contributed by atoms with Gasteiger partial charge in [0, 0.05) is 30.1 Å². The highest BCUT2D eigenvalue weighted by atomic mass is 32.1. The Balaban J connectivity index is 1.33. The van der Waals surface area contributed by atoms with Crippen molar-refractivity contribution in [3.05, 3.63) is 35.0 Å². The van der Waals surface area contributed by atoms with Gasteiger partial charge >= 0.3 is 0 Å². The average Bonchev–Trinajstić information content (AvgIpc) is 3.64. The van der Waals surface area contributed by atoms with Gasteiger partial charge in [0.25, 0.3) is 5.19 Å². The van der Waals surface area contributed by atoms with Crippen LogP contribution in [0.2, 0.25) is 0 Å². The Labute approximate surface area is 218 Å². The number of furan rings is 1. The number of benzene rings is 1. The zero-order chi connectivity index (χ0) is 29.8. The van der Waals surface area contributed by atoms with Crippen molar-refractivity contribution in [2.45, 2.75) is 13.5 Å². The summed E-state index contributed by atoms with van der Waals surface area (Å²) in [6.07, 6.45) is 1.54. The second-order valence-electron chi connectivity index (χ2n) is 7.64. The number of anilines is 1. The standard InChI is InChI=1S/C23H23N5O5S2/c1-13-17(25-21(34-13)27-4-6-31-7-5-27)12-32-18-8-14(29-2)9-19-15(18)10-20(33-19)16-11-28-22(24-16)35-23(26-28)30-3/h8-11H,4-7,12H2,1-3H3/i2D3,3D3,12D. The molecule has 1 aromatic carbocycles. The molecule has 12 heteroatoms. The topological polar surface area (TPSA) is 96.4 Å². The van der Waals surface area contributed by atoms with Gasteiger partial charge < -0.3 is 28.3 Å². The average molecular weight is 521 g/mol. The molecule has 0 spiro atoms. The highest BCUT2D eigenvalue weighted by Gasteiger charge is 2.20. The van der Waals surface area contributed by atoms with Gasteiger partial charge in [-0.25, -0.2) is 14.5 Å². The molecule has 0 saturated carbocycles. The molecule has 4 aromatic heterocycles. The van der Waals surface area contributed by atoms with Crippen LogP contribution in [0.4, 0.5) is 5.13 Å². The molecule has 1 unspecified atom stereocenters. The largest absolute Gasteiger partial charge is 0.496 e. The maximum Gasteiger partial charge on any atom is 0.294 e. The van der Waals surface area contributed by atoms with E-state index in [2.05, 4.69) is 20.0 Å². The normalized spacial score (nSPS) is 18.8. The van der Waals surface area contributed by atoms with Crippen LogP contribution in [0.25, 0.3) is 27.4 Å². The van der Waals surface area contributed by atoms with Crippen LogP contribution in [0.1, 0.15) is 20.2 Å². The first-order valence-electron chi connectivity index (χ1n) is 14.1. The van der Waals surface area contributed by atoms with Gasteiger partial charge in [-0.1, -0.05) is 0 Å². The van der Waals surface area contributed by atoms with Crippen molar-refractivity contribution in [2.24, 2.45) is 0 Å². The first kappa shape index (κ1) is 15.6. The van der Waals surface area contributed by atoms with Crippen LogP contribution >= 0.6 is 22.7 Å². The Morgan fingerprint density at radius 3 is 2.86 bits per heavy atom. The van der Waals surface area contributed by atoms with Gasteiger partial charge in [0.1, 0.15) is 29.4 Å². The molecule has 0 radical (unpaired) electrons. The lowest BCUT2D eigenvalue weighted by Gasteiger charge is -2.26. The van der Waals surface area contributed by atoms with Gasteiger partial charge in [0.05, 0.1) is 54.2 Å². The number of aryl methyl sites for hydroxylation is 1. The smallest absolute Gasteiger partial charge is 0.294 e. The summed E-state index contributed by atoms with van der Waals surface area (Å²) < 4.78 is 81.9. The summed E-state index contributed by atoms with van der Waals surface area (Å²) in [6.45, 7) is 3.27. The monoisotopic (exact) mass is 520 g/mol. The number of imidazole rings is 1. The van der Waals surface area contributed by atoms with Crippen LogP contribution in [0.5, 0.6) is 16.7 Å². The number of rotatable bonds is 7. The Kier molecular flexibility index (Phi) is 4.02. The van der Waals surface area contributed by atoms with Gasteiger partial charge in [0.2, 0.25) is 4.96 Å². The van der Waals surface area contributed by atoms with Crippen molar-refractivity contribution in [2.75, 3.05) is 45.3 Å². The van der Waals surface area contributed by atoms with Crippen molar-refractivity contribution in [1.29, 1.82) is 0 Å². The summed E-state index contributed by atoms with van der Waals surface area (Å²) in [5.41, 5.74) is 1.06. The fourth-order valence-corrected chi connectivity index (χ4v) is 5.31. The molecule has 1 atom stereocenters. The number of ether oxygens (including phenoxy) is 4. The van der Waals surface area contributed by atoms with Crippen molar-refractivity contribution < 1.29 is 33.0 Å². The third-order valence-electron chi connectivity index (χ3n) is 5.46. The predicted molar refractivity (Wildman–Crippen MR) is 133 cm³/mol. The highest BCUT2D eigenvalue weighted by Crippen LogP contribution is 2.38. The second-order valence-corrected chi connectivity index (χ2v) is 9.74. The van der Waals surface area contributed by atoms with Crippen molar-refractivity contribution >= 4 is 43.7 Å². The molecule has 0 N–H and O–H groups in total. The predicted octanol–water partition coefficient (Wildman–Crippen LogP) is 4.40. The van der Waals surface area contributed by atoms with Gasteiger partial charge in [-0.2, -0.15) is 0 Å². The number of aromatic nitrogens is 4. The SMILES string of the molecule is [2H]C(Oc1cc(OC([2H])([2H])[2H])cc2oc(-c3cn4nc(OC([2H])([2H])[2H])sc4n3)cc12)c1nc(N2CCOCC2)sc1C. The second kappa shape index (κ2) is 9.02. The number of hydrogen-bond donors (Lipinski definition) is 0. The molecular formula is C23H23N5O5S2. The molecule has 10 nitrogen and oxygen atoms in total. The number of methoxy groups -OCH3 is 2. The van der Waals surface area contributed by atoms with Crippen LogP contribution in [0, 0.1) is 6.92 Å². The maximum absolute atomic E-state index is 8.77. The Bertz CT molecular complexity index is 1710. The number of hydrogen-bond acceptors (Lipinski definition) is 11. The van der Waals surface area contributed by atoms with Crippen molar-refractivity contribution in [1.82, 2.24) is 19.6 Å². The van der Waals surface area contributed by atoms with Crippen LogP contribution in [-0.2, 0) is 11.3 Å². The van der Waals surface area contributed by atoms with E-state index < -0.39 is 20.7 Å². The number of thiazole rings is 1. The molecule has 5 heterocycles. The van der Waals surface area contributed by atoms with Crippen LogP contribution < -0.4 is 19.1 Å². The van der Waals surface area contributed by atoms with Gasteiger partial charge in [0.15, 0.2) is 10.9 Å². The summed E-state index contributed by atoms with van der Waals surface area (Å²) >= 11 is 2.41. The molecule has 1 aliphatic heterocycles. The van der Waals surface area contributed by atoms with Crippen LogP contribution in [0.15, 0.2) is 28.8 Å². The fraction of sp³-hybridized carbons (Fsp3) is 0.348. The Morgan fingerprint density at radius 1 is 1.14 bits per heavy atom. The minimum Gasteiger partial charge on any atom is -0.496 e. The summed E-state index contributed by atoms with van der Waals surface area (Å²) in [5.74, 6) is 0.431. The minimum absolute atomic E-state index is 0.0337. The molecule has 35 heavy (non-hydrogen) atoms. The van der Waals surface area contributed by atoms with E-state index in [4.69, 9.17) is 33.0 Å². The summed E-state index contributed by atoms with van der Waals surface area (Å²) in [5, 5.41) is 5.26. The van der Waals surface area contributed by atoms with E-state index in [1.54, 1.807) is 6.07 Å². The molecular weight excluding hydrogens is 490 g/mol. The van der Waals surface area contributed by atoms with Crippen molar-refractivity contribution in [3.63, 3.8) is 0 Å². The lowest BCUT2D eigenvalue weighted by atomic mass is 10.2. The molecule has 182 valence electrons. The third-order valence-corrected chi connectivity index (χ3v) is 7.30. The molecule has 0 aliphatic carbocycles. The van der Waals surface area contributed by atoms with Gasteiger partial charge in [-0.05, 0) is 24.3 Å². The molecule has 1 fully saturated rings. The molecule has 5 aromatic rings. The number of morpholine rings is 1. The molecule has 0 amide bonds. The van der Waals surface area contributed by atoms with E-state index >= 15 is 0 Å². The zero-order valence-electron chi connectivity index (χ0n) is 25.3. The lowest BCUT2D eigenvalue weighted by molar-refractivity contribution is 0.122. The zero-order valence-corrected chi connectivity index (χ0v) is 19.9. The van der Waals surface area contributed by atoms with Crippen LogP contribution in [0.3, 0.4) is 0 Å². The molecule has 1 saturated heterocycles. The number of nitrogens with zero attached hydrogens (tertiary/aromatic N) is 5. The molecule has 0 bridgehead atoms. The fourth-order valence-electron chi connectivity index (χ4n) is 3.72. The van der Waals surface area contributed by atoms with Crippen molar-refractivity contribution in [3.8, 4) is 28.1 Å². The highest BCUT2D eigenvalue weighted by molar-refractivity contribution is 7.18. The molecule has 6 rings (SSSR count). The third kappa shape index (κ3) is 4.17. The van der Waals surface area contributed by atoms with Gasteiger partial charge in [-0.3, -0.25) is 0 Å². The van der Waals surface area contributed by atoms with E-state index in [1.165, 1.54) is 34.2 Å². The van der Waals surface area contributed by atoms with E-state index in [9.17, 15) is 0 Å². The summed E-state index contributed by atoms with van der Waals surface area (Å²) in [7, 11) is -5.37. The van der Waals surface area contributed by atoms with Crippen LogP contribution in [-0.4, -0.2) is 60.0 Å².